The summed E-state index contributed by atoms with van der Waals surface area (Å²) in [5, 5.41) is 0. The van der Waals surface area contributed by atoms with E-state index in [4.69, 9.17) is 5.73 Å². The van der Waals surface area contributed by atoms with Crippen LogP contribution in [0.1, 0.15) is 98.3 Å². The number of hydrogen-bond donors (Lipinski definition) is 1. The molecule has 2 N–H and O–H groups in total. The lowest BCUT2D eigenvalue weighted by Gasteiger charge is -2.38. The quantitative estimate of drug-likeness (QED) is 0.447. The lowest BCUT2D eigenvalue weighted by atomic mass is 9.73. The zero-order chi connectivity index (χ0) is 13.9. The molecule has 1 nitrogen and oxygen atoms in total. The fraction of sp³-hybridized carbons (Fsp3) is 1.00. The van der Waals surface area contributed by atoms with E-state index in [-0.39, 0.29) is 5.54 Å². The highest BCUT2D eigenvalue weighted by Crippen LogP contribution is 2.33. The average molecular weight is 255 g/mol. The van der Waals surface area contributed by atoms with Crippen molar-refractivity contribution in [2.45, 2.75) is 104 Å². The zero-order valence-corrected chi connectivity index (χ0v) is 13.4. The van der Waals surface area contributed by atoms with Crippen LogP contribution in [0.4, 0.5) is 0 Å². The highest BCUT2D eigenvalue weighted by molar-refractivity contribution is 4.90. The van der Waals surface area contributed by atoms with Crippen molar-refractivity contribution in [2.24, 2.45) is 11.7 Å². The summed E-state index contributed by atoms with van der Waals surface area (Å²) >= 11 is 0. The lowest BCUT2D eigenvalue weighted by Crippen LogP contribution is -2.47. The van der Waals surface area contributed by atoms with Crippen molar-refractivity contribution < 1.29 is 0 Å². The first-order valence-corrected chi connectivity index (χ1v) is 8.43. The molecule has 1 heteroatoms. The van der Waals surface area contributed by atoms with Crippen LogP contribution in [-0.4, -0.2) is 5.54 Å². The standard InChI is InChI=1S/C17H37N/c1-5-9-10-11-13-16(12-6-2)17(18,14-7-3)15-8-4/h16H,5-15,18H2,1-4H3. The lowest BCUT2D eigenvalue weighted by molar-refractivity contribution is 0.200. The van der Waals surface area contributed by atoms with Gasteiger partial charge >= 0.3 is 0 Å². The molecule has 1 unspecified atom stereocenters. The average Bonchev–Trinajstić information content (AvgIpc) is 2.33. The second-order valence-electron chi connectivity index (χ2n) is 6.07. The zero-order valence-electron chi connectivity index (χ0n) is 13.4. The molecule has 0 saturated heterocycles. The second kappa shape index (κ2) is 10.8. The fourth-order valence-corrected chi connectivity index (χ4v) is 3.35. The topological polar surface area (TPSA) is 26.0 Å². The molecule has 0 rings (SSSR count). The Hall–Kier alpha value is -0.0400. The van der Waals surface area contributed by atoms with E-state index in [1.807, 2.05) is 0 Å². The Morgan fingerprint density at radius 1 is 0.722 bits per heavy atom. The first-order valence-electron chi connectivity index (χ1n) is 8.43. The third kappa shape index (κ3) is 6.78. The molecule has 0 aliphatic heterocycles. The summed E-state index contributed by atoms with van der Waals surface area (Å²) in [6.07, 6.45) is 14.3. The highest BCUT2D eigenvalue weighted by atomic mass is 14.8. The number of nitrogens with two attached hydrogens (primary N) is 1. The van der Waals surface area contributed by atoms with Crippen LogP contribution in [0.2, 0.25) is 0 Å². The van der Waals surface area contributed by atoms with Gasteiger partial charge in [0.2, 0.25) is 0 Å². The summed E-state index contributed by atoms with van der Waals surface area (Å²) in [7, 11) is 0. The molecule has 0 aromatic rings. The van der Waals surface area contributed by atoms with E-state index in [1.54, 1.807) is 0 Å². The smallest absolute Gasteiger partial charge is 0.0182 e. The van der Waals surface area contributed by atoms with Gasteiger partial charge in [0.05, 0.1) is 0 Å². The van der Waals surface area contributed by atoms with Crippen LogP contribution in [0.5, 0.6) is 0 Å². The molecular weight excluding hydrogens is 218 g/mol. The molecule has 0 bridgehead atoms. The van der Waals surface area contributed by atoms with Gasteiger partial charge in [0.15, 0.2) is 0 Å². The number of unbranched alkanes of at least 4 members (excludes halogenated alkanes) is 3. The van der Waals surface area contributed by atoms with Gasteiger partial charge in [-0.15, -0.1) is 0 Å². The van der Waals surface area contributed by atoms with Crippen LogP contribution in [0.15, 0.2) is 0 Å². The van der Waals surface area contributed by atoms with Crippen molar-refractivity contribution in [2.75, 3.05) is 0 Å². The summed E-state index contributed by atoms with van der Waals surface area (Å²) in [6, 6.07) is 0. The largest absolute Gasteiger partial charge is 0.325 e. The summed E-state index contributed by atoms with van der Waals surface area (Å²) in [4.78, 5) is 0. The number of hydrogen-bond acceptors (Lipinski definition) is 1. The SMILES string of the molecule is CCCCCCC(CCC)C(N)(CCC)CCC. The van der Waals surface area contributed by atoms with Gasteiger partial charge in [-0.05, 0) is 31.6 Å². The van der Waals surface area contributed by atoms with Crippen molar-refractivity contribution in [3.8, 4) is 0 Å². The normalized spacial score (nSPS) is 13.8. The van der Waals surface area contributed by atoms with Crippen LogP contribution < -0.4 is 5.73 Å². The maximum atomic E-state index is 6.76. The second-order valence-corrected chi connectivity index (χ2v) is 6.07. The fourth-order valence-electron chi connectivity index (χ4n) is 3.35. The minimum Gasteiger partial charge on any atom is -0.325 e. The molecule has 0 amide bonds. The van der Waals surface area contributed by atoms with Gasteiger partial charge in [0.25, 0.3) is 0 Å². The van der Waals surface area contributed by atoms with E-state index in [9.17, 15) is 0 Å². The molecule has 1 atom stereocenters. The molecule has 0 spiro atoms. The molecule has 0 aromatic carbocycles. The summed E-state index contributed by atoms with van der Waals surface area (Å²) < 4.78 is 0. The molecule has 18 heavy (non-hydrogen) atoms. The van der Waals surface area contributed by atoms with Crippen molar-refractivity contribution in [1.82, 2.24) is 0 Å². The van der Waals surface area contributed by atoms with Crippen LogP contribution in [0.25, 0.3) is 0 Å². The molecule has 0 aromatic heterocycles. The van der Waals surface area contributed by atoms with E-state index in [2.05, 4.69) is 27.7 Å². The first kappa shape index (κ1) is 18.0. The minimum absolute atomic E-state index is 0.117. The van der Waals surface area contributed by atoms with E-state index in [1.165, 1.54) is 70.6 Å². The molecule has 110 valence electrons. The Balaban J connectivity index is 4.38. The molecule has 0 aliphatic carbocycles. The van der Waals surface area contributed by atoms with Crippen molar-refractivity contribution >= 4 is 0 Å². The van der Waals surface area contributed by atoms with Gasteiger partial charge in [-0.25, -0.2) is 0 Å². The molecule has 0 heterocycles. The minimum atomic E-state index is 0.117. The van der Waals surface area contributed by atoms with Gasteiger partial charge in [-0.1, -0.05) is 72.6 Å². The molecule has 0 aliphatic rings. The third-order valence-corrected chi connectivity index (χ3v) is 4.29. The monoisotopic (exact) mass is 255 g/mol. The third-order valence-electron chi connectivity index (χ3n) is 4.29. The Kier molecular flexibility index (Phi) is 10.8. The van der Waals surface area contributed by atoms with Gasteiger partial charge in [0.1, 0.15) is 0 Å². The van der Waals surface area contributed by atoms with E-state index >= 15 is 0 Å². The maximum absolute atomic E-state index is 6.76. The highest BCUT2D eigenvalue weighted by Gasteiger charge is 2.31. The van der Waals surface area contributed by atoms with Crippen molar-refractivity contribution in [1.29, 1.82) is 0 Å². The first-order chi connectivity index (χ1) is 8.64. The van der Waals surface area contributed by atoms with E-state index in [0.717, 1.165) is 5.92 Å². The molecule has 0 radical (unpaired) electrons. The van der Waals surface area contributed by atoms with E-state index in [0.29, 0.717) is 0 Å². The van der Waals surface area contributed by atoms with Gasteiger partial charge in [-0.2, -0.15) is 0 Å². The maximum Gasteiger partial charge on any atom is 0.0182 e. The van der Waals surface area contributed by atoms with Crippen molar-refractivity contribution in [3.05, 3.63) is 0 Å². The van der Waals surface area contributed by atoms with Crippen LogP contribution >= 0.6 is 0 Å². The summed E-state index contributed by atoms with van der Waals surface area (Å²) in [5.41, 5.74) is 6.88. The van der Waals surface area contributed by atoms with Gasteiger partial charge in [-0.3, -0.25) is 0 Å². The molecular formula is C17H37N. The van der Waals surface area contributed by atoms with Crippen LogP contribution in [-0.2, 0) is 0 Å². The van der Waals surface area contributed by atoms with Gasteiger partial charge in [0, 0.05) is 5.54 Å². The Bertz CT molecular complexity index is 170. The Morgan fingerprint density at radius 3 is 1.78 bits per heavy atom. The molecule has 0 saturated carbocycles. The van der Waals surface area contributed by atoms with E-state index < -0.39 is 0 Å². The summed E-state index contributed by atoms with van der Waals surface area (Å²) in [6.45, 7) is 9.14. The van der Waals surface area contributed by atoms with Gasteiger partial charge < -0.3 is 5.73 Å². The van der Waals surface area contributed by atoms with Crippen LogP contribution in [0, 0.1) is 5.92 Å². The molecule has 0 fully saturated rings. The van der Waals surface area contributed by atoms with Crippen LogP contribution in [0.3, 0.4) is 0 Å². The summed E-state index contributed by atoms with van der Waals surface area (Å²) in [5.74, 6) is 0.749. The van der Waals surface area contributed by atoms with Crippen molar-refractivity contribution in [3.63, 3.8) is 0 Å². The predicted molar refractivity (Wildman–Crippen MR) is 83.9 cm³/mol. The Labute approximate surface area is 116 Å². The number of rotatable bonds is 12. The Morgan fingerprint density at radius 2 is 1.33 bits per heavy atom. The predicted octanol–water partition coefficient (Wildman–Crippen LogP) is 5.67.